The zero-order chi connectivity index (χ0) is 21.1. The van der Waals surface area contributed by atoms with Crippen LogP contribution in [0, 0.1) is 20.8 Å². The van der Waals surface area contributed by atoms with Crippen LogP contribution in [0.5, 0.6) is 0 Å². The molecule has 4 rings (SSSR count). The van der Waals surface area contributed by atoms with Crippen LogP contribution in [0.25, 0.3) is 11.8 Å². The first-order chi connectivity index (χ1) is 14.5. The zero-order valence-electron chi connectivity index (χ0n) is 17.7. The number of carbonyl (C=O) groups excluding carboxylic acids is 1. The van der Waals surface area contributed by atoms with Crippen LogP contribution in [-0.4, -0.2) is 66.8 Å². The van der Waals surface area contributed by atoms with Crippen LogP contribution in [0.3, 0.4) is 0 Å². The smallest absolute Gasteiger partial charge is 0.246 e. The highest BCUT2D eigenvalue weighted by molar-refractivity contribution is 5.92. The molecule has 3 heterocycles. The van der Waals surface area contributed by atoms with Gasteiger partial charge in [-0.05, 0) is 39.0 Å². The SMILES string of the molecule is Cc1nc(CN2CCN(C(=O)/C=C/c3c(C)nn(-c4ccccc4)c3C)CC2)n[nH]1. The quantitative estimate of drug-likeness (QED) is 0.659. The first kappa shape index (κ1) is 20.0. The highest BCUT2D eigenvalue weighted by Gasteiger charge is 2.21. The Hall–Kier alpha value is -3.26. The Morgan fingerprint density at radius 3 is 2.50 bits per heavy atom. The Bertz CT molecular complexity index is 1040. The number of benzene rings is 1. The summed E-state index contributed by atoms with van der Waals surface area (Å²) in [5, 5.41) is 11.7. The van der Waals surface area contributed by atoms with E-state index in [4.69, 9.17) is 0 Å². The van der Waals surface area contributed by atoms with Crippen LogP contribution in [0.2, 0.25) is 0 Å². The van der Waals surface area contributed by atoms with Crippen LogP contribution in [0.4, 0.5) is 0 Å². The molecule has 2 aromatic heterocycles. The molecule has 0 saturated carbocycles. The Morgan fingerprint density at radius 1 is 1.10 bits per heavy atom. The molecule has 0 unspecified atom stereocenters. The number of H-pyrrole nitrogens is 1. The van der Waals surface area contributed by atoms with Crippen molar-refractivity contribution in [2.75, 3.05) is 26.2 Å². The number of rotatable bonds is 5. The van der Waals surface area contributed by atoms with E-state index < -0.39 is 0 Å². The van der Waals surface area contributed by atoms with Gasteiger partial charge in [0.2, 0.25) is 5.91 Å². The number of hydrogen-bond acceptors (Lipinski definition) is 5. The summed E-state index contributed by atoms with van der Waals surface area (Å²) in [7, 11) is 0. The van der Waals surface area contributed by atoms with Crippen molar-refractivity contribution >= 4 is 12.0 Å². The highest BCUT2D eigenvalue weighted by Crippen LogP contribution is 2.19. The molecule has 8 nitrogen and oxygen atoms in total. The molecular weight excluding hydrogens is 378 g/mol. The predicted octanol–water partition coefficient (Wildman–Crippen LogP) is 2.27. The number of nitrogens with one attached hydrogen (secondary N) is 1. The van der Waals surface area contributed by atoms with Gasteiger partial charge in [0.25, 0.3) is 0 Å². The number of aryl methyl sites for hydroxylation is 2. The summed E-state index contributed by atoms with van der Waals surface area (Å²) in [5.41, 5.74) is 3.94. The average molecular weight is 406 g/mol. The molecule has 1 fully saturated rings. The number of aromatic nitrogens is 5. The Morgan fingerprint density at radius 2 is 1.83 bits per heavy atom. The third-order valence-corrected chi connectivity index (χ3v) is 5.43. The summed E-state index contributed by atoms with van der Waals surface area (Å²) in [4.78, 5) is 21.2. The molecule has 1 aromatic carbocycles. The van der Waals surface area contributed by atoms with Crippen molar-refractivity contribution in [3.05, 3.63) is 65.0 Å². The molecule has 1 aliphatic rings. The van der Waals surface area contributed by atoms with E-state index >= 15 is 0 Å². The molecule has 1 N–H and O–H groups in total. The third kappa shape index (κ3) is 4.33. The van der Waals surface area contributed by atoms with Crippen molar-refractivity contribution in [1.82, 2.24) is 34.8 Å². The second-order valence-electron chi connectivity index (χ2n) is 7.60. The van der Waals surface area contributed by atoms with Crippen molar-refractivity contribution in [2.24, 2.45) is 0 Å². The summed E-state index contributed by atoms with van der Waals surface area (Å²) in [5.74, 6) is 1.66. The number of piperazine rings is 1. The zero-order valence-corrected chi connectivity index (χ0v) is 17.7. The monoisotopic (exact) mass is 405 g/mol. The van der Waals surface area contributed by atoms with E-state index in [-0.39, 0.29) is 5.91 Å². The van der Waals surface area contributed by atoms with Gasteiger partial charge in [-0.1, -0.05) is 18.2 Å². The molecule has 0 radical (unpaired) electrons. The molecule has 1 amide bonds. The second kappa shape index (κ2) is 8.62. The van der Waals surface area contributed by atoms with Crippen LogP contribution in [-0.2, 0) is 11.3 Å². The minimum Gasteiger partial charge on any atom is -0.337 e. The maximum absolute atomic E-state index is 12.7. The molecule has 30 heavy (non-hydrogen) atoms. The lowest BCUT2D eigenvalue weighted by molar-refractivity contribution is -0.127. The molecule has 3 aromatic rings. The van der Waals surface area contributed by atoms with E-state index in [2.05, 4.69) is 25.2 Å². The number of hydrogen-bond donors (Lipinski definition) is 1. The highest BCUT2D eigenvalue weighted by atomic mass is 16.2. The van der Waals surface area contributed by atoms with Gasteiger partial charge < -0.3 is 4.90 Å². The molecule has 8 heteroatoms. The van der Waals surface area contributed by atoms with Gasteiger partial charge >= 0.3 is 0 Å². The van der Waals surface area contributed by atoms with Gasteiger partial charge in [0.1, 0.15) is 5.82 Å². The van der Waals surface area contributed by atoms with E-state index in [9.17, 15) is 4.79 Å². The number of aromatic amines is 1. The van der Waals surface area contributed by atoms with Gasteiger partial charge in [-0.3, -0.25) is 14.8 Å². The van der Waals surface area contributed by atoms with Gasteiger partial charge in [0, 0.05) is 43.5 Å². The van der Waals surface area contributed by atoms with Crippen molar-refractivity contribution < 1.29 is 4.79 Å². The molecule has 0 spiro atoms. The van der Waals surface area contributed by atoms with Crippen molar-refractivity contribution in [2.45, 2.75) is 27.3 Å². The summed E-state index contributed by atoms with van der Waals surface area (Å²) in [6.45, 7) is 9.64. The number of nitrogens with zero attached hydrogens (tertiary/aromatic N) is 6. The normalized spacial score (nSPS) is 15.2. The summed E-state index contributed by atoms with van der Waals surface area (Å²) in [6, 6.07) is 10.0. The van der Waals surface area contributed by atoms with Gasteiger partial charge in [-0.15, -0.1) is 0 Å². The van der Waals surface area contributed by atoms with Crippen LogP contribution >= 0.6 is 0 Å². The summed E-state index contributed by atoms with van der Waals surface area (Å²) >= 11 is 0. The average Bonchev–Trinajstić information content (AvgIpc) is 3.29. The maximum atomic E-state index is 12.7. The predicted molar refractivity (Wildman–Crippen MR) is 115 cm³/mol. The second-order valence-corrected chi connectivity index (χ2v) is 7.60. The lowest BCUT2D eigenvalue weighted by atomic mass is 10.1. The fraction of sp³-hybridized carbons (Fsp3) is 0.364. The van der Waals surface area contributed by atoms with Crippen LogP contribution < -0.4 is 0 Å². The first-order valence-corrected chi connectivity index (χ1v) is 10.2. The summed E-state index contributed by atoms with van der Waals surface area (Å²) in [6.07, 6.45) is 3.56. The topological polar surface area (TPSA) is 82.9 Å². The van der Waals surface area contributed by atoms with Gasteiger partial charge in [-0.2, -0.15) is 10.2 Å². The van der Waals surface area contributed by atoms with E-state index in [1.165, 1.54) is 0 Å². The molecule has 156 valence electrons. The Labute approximate surface area is 176 Å². The summed E-state index contributed by atoms with van der Waals surface area (Å²) < 4.78 is 1.92. The molecular formula is C22H27N7O. The van der Waals surface area contributed by atoms with Gasteiger partial charge in [0.05, 0.1) is 17.9 Å². The first-order valence-electron chi connectivity index (χ1n) is 10.2. The Balaban J connectivity index is 1.37. The maximum Gasteiger partial charge on any atom is 0.246 e. The third-order valence-electron chi connectivity index (χ3n) is 5.43. The molecule has 0 aliphatic carbocycles. The fourth-order valence-electron chi connectivity index (χ4n) is 3.76. The van der Waals surface area contributed by atoms with Crippen molar-refractivity contribution in [3.8, 4) is 5.69 Å². The van der Waals surface area contributed by atoms with E-state index in [0.29, 0.717) is 19.6 Å². The number of amides is 1. The largest absolute Gasteiger partial charge is 0.337 e. The van der Waals surface area contributed by atoms with Crippen molar-refractivity contribution in [1.29, 1.82) is 0 Å². The lowest BCUT2D eigenvalue weighted by Gasteiger charge is -2.33. The van der Waals surface area contributed by atoms with E-state index in [1.54, 1.807) is 6.08 Å². The minimum atomic E-state index is 0.0367. The minimum absolute atomic E-state index is 0.0367. The molecule has 1 aliphatic heterocycles. The van der Waals surface area contributed by atoms with Crippen LogP contribution in [0.1, 0.15) is 28.6 Å². The molecule has 0 atom stereocenters. The van der Waals surface area contributed by atoms with Gasteiger partial charge in [0.15, 0.2) is 5.82 Å². The molecule has 1 saturated heterocycles. The van der Waals surface area contributed by atoms with Crippen LogP contribution in [0.15, 0.2) is 36.4 Å². The van der Waals surface area contributed by atoms with Crippen molar-refractivity contribution in [3.63, 3.8) is 0 Å². The van der Waals surface area contributed by atoms with E-state index in [0.717, 1.165) is 47.4 Å². The molecule has 0 bridgehead atoms. The number of para-hydroxylation sites is 1. The lowest BCUT2D eigenvalue weighted by Crippen LogP contribution is -2.47. The number of carbonyl (C=O) groups is 1. The Kier molecular flexibility index (Phi) is 5.76. The standard InChI is InChI=1S/C22H27N7O/c1-16-20(17(2)29(26-16)19-7-5-4-6-8-19)9-10-22(30)28-13-11-27(12-14-28)15-21-23-18(3)24-25-21/h4-10H,11-15H2,1-3H3,(H,23,24,25)/b10-9+. The van der Waals surface area contributed by atoms with E-state index in [1.807, 2.05) is 66.8 Å². The fourth-order valence-corrected chi connectivity index (χ4v) is 3.76. The van der Waals surface area contributed by atoms with Gasteiger partial charge in [-0.25, -0.2) is 9.67 Å².